The van der Waals surface area contributed by atoms with Crippen molar-refractivity contribution in [3.63, 3.8) is 0 Å². The first-order chi connectivity index (χ1) is 6.83. The average Bonchev–Trinajstić information content (AvgIpc) is 2.10. The number of thioether (sulfide) groups is 1. The molecule has 0 spiro atoms. The minimum absolute atomic E-state index is 0.0387. The molecule has 2 nitrogen and oxygen atoms in total. The Hall–Kier alpha value is -0.520. The van der Waals surface area contributed by atoms with Crippen LogP contribution in [-0.4, -0.2) is 16.3 Å². The monoisotopic (exact) mass is 272 g/mol. The lowest BCUT2D eigenvalue weighted by Gasteiger charge is -2.10. The number of benzene rings is 1. The third-order valence-corrected chi connectivity index (χ3v) is 3.05. The Balaban J connectivity index is 2.91. The van der Waals surface area contributed by atoms with Crippen molar-refractivity contribution >= 4 is 40.9 Å². The van der Waals surface area contributed by atoms with Gasteiger partial charge in [-0.05, 0) is 30.0 Å². The molecule has 1 rings (SSSR count). The van der Waals surface area contributed by atoms with Crippen molar-refractivity contribution in [2.75, 3.05) is 0 Å². The Morgan fingerprint density at radius 3 is 2.40 bits per heavy atom. The topological polar surface area (TPSA) is 37.3 Å². The van der Waals surface area contributed by atoms with Gasteiger partial charge in [0, 0.05) is 4.90 Å². The van der Waals surface area contributed by atoms with E-state index < -0.39 is 11.2 Å². The molecule has 7 heteroatoms. The highest BCUT2D eigenvalue weighted by Gasteiger charge is 2.40. The summed E-state index contributed by atoms with van der Waals surface area (Å²) in [5, 5.41) is 4.64. The summed E-state index contributed by atoms with van der Waals surface area (Å²) < 4.78 is 25.5. The molecule has 0 heterocycles. The third kappa shape index (κ3) is 3.22. The van der Waals surface area contributed by atoms with Crippen LogP contribution in [0.2, 0.25) is 10.0 Å². The van der Waals surface area contributed by atoms with E-state index in [-0.39, 0.29) is 26.7 Å². The number of carboxylic acids is 1. The van der Waals surface area contributed by atoms with Gasteiger partial charge in [-0.15, -0.1) is 0 Å². The quantitative estimate of drug-likeness (QED) is 0.852. The van der Waals surface area contributed by atoms with Crippen molar-refractivity contribution in [2.24, 2.45) is 0 Å². The predicted octanol–water partition coefficient (Wildman–Crippen LogP) is 3.76. The maximum absolute atomic E-state index is 12.8. The highest BCUT2D eigenvalue weighted by molar-refractivity contribution is 8.01. The fourth-order valence-corrected chi connectivity index (χ4v) is 1.79. The summed E-state index contributed by atoms with van der Waals surface area (Å²) in [6.07, 6.45) is 0. The number of carbonyl (C=O) groups is 1. The molecular formula is C8H4Cl2F2O2S. The van der Waals surface area contributed by atoms with Crippen LogP contribution in [0.3, 0.4) is 0 Å². The number of carboxylic acid groups (broad SMARTS) is 1. The zero-order valence-corrected chi connectivity index (χ0v) is 9.34. The molecule has 0 aromatic heterocycles. The van der Waals surface area contributed by atoms with Gasteiger partial charge in [0.15, 0.2) is 0 Å². The van der Waals surface area contributed by atoms with Gasteiger partial charge >= 0.3 is 11.2 Å². The number of aliphatic carboxylic acids is 1. The smallest absolute Gasteiger partial charge is 0.393 e. The molecule has 82 valence electrons. The molecule has 0 aliphatic heterocycles. The van der Waals surface area contributed by atoms with Crippen molar-refractivity contribution < 1.29 is 18.7 Å². The molecule has 1 aromatic carbocycles. The van der Waals surface area contributed by atoms with E-state index in [1.807, 2.05) is 0 Å². The number of hydrogen-bond donors (Lipinski definition) is 1. The molecule has 0 saturated carbocycles. The molecule has 0 unspecified atom stereocenters. The zero-order chi connectivity index (χ0) is 11.6. The molecule has 0 atom stereocenters. The molecule has 0 radical (unpaired) electrons. The van der Waals surface area contributed by atoms with Crippen molar-refractivity contribution in [2.45, 2.75) is 10.2 Å². The molecule has 0 bridgehead atoms. The summed E-state index contributed by atoms with van der Waals surface area (Å²) in [5.41, 5.74) is 0. The number of alkyl halides is 2. The van der Waals surface area contributed by atoms with Crippen LogP contribution < -0.4 is 0 Å². The summed E-state index contributed by atoms with van der Waals surface area (Å²) in [4.78, 5) is 10.2. The summed E-state index contributed by atoms with van der Waals surface area (Å²) >= 11 is 11.1. The van der Waals surface area contributed by atoms with Crippen LogP contribution in [0.15, 0.2) is 23.1 Å². The lowest BCUT2D eigenvalue weighted by molar-refractivity contribution is -0.152. The summed E-state index contributed by atoms with van der Waals surface area (Å²) in [5.74, 6) is -2.20. The Labute approximate surface area is 98.2 Å². The van der Waals surface area contributed by atoms with E-state index in [4.69, 9.17) is 28.3 Å². The molecule has 0 saturated heterocycles. The van der Waals surface area contributed by atoms with Crippen LogP contribution in [0.1, 0.15) is 0 Å². The molecular weight excluding hydrogens is 269 g/mol. The van der Waals surface area contributed by atoms with E-state index in [2.05, 4.69) is 0 Å². The lowest BCUT2D eigenvalue weighted by atomic mass is 10.4. The first kappa shape index (κ1) is 12.5. The van der Waals surface area contributed by atoms with Crippen LogP contribution in [0.5, 0.6) is 0 Å². The fourth-order valence-electron chi connectivity index (χ4n) is 0.732. The lowest BCUT2D eigenvalue weighted by Crippen LogP contribution is -2.23. The number of rotatable bonds is 3. The van der Waals surface area contributed by atoms with Gasteiger partial charge in [0.25, 0.3) is 0 Å². The van der Waals surface area contributed by atoms with Gasteiger partial charge in [-0.1, -0.05) is 23.2 Å². The van der Waals surface area contributed by atoms with Gasteiger partial charge < -0.3 is 5.11 Å². The average molecular weight is 273 g/mol. The minimum atomic E-state index is -3.88. The molecule has 1 N–H and O–H groups in total. The van der Waals surface area contributed by atoms with Gasteiger partial charge in [0.05, 0.1) is 10.0 Å². The Kier molecular flexibility index (Phi) is 3.81. The third-order valence-electron chi connectivity index (χ3n) is 1.39. The Morgan fingerprint density at radius 1 is 1.33 bits per heavy atom. The highest BCUT2D eigenvalue weighted by atomic mass is 35.5. The predicted molar refractivity (Wildman–Crippen MR) is 54.9 cm³/mol. The normalized spacial score (nSPS) is 11.5. The molecule has 0 fully saturated rings. The Bertz CT molecular complexity index is 398. The van der Waals surface area contributed by atoms with Crippen molar-refractivity contribution in [1.82, 2.24) is 0 Å². The van der Waals surface area contributed by atoms with Gasteiger partial charge in [0.1, 0.15) is 0 Å². The molecule has 15 heavy (non-hydrogen) atoms. The minimum Gasteiger partial charge on any atom is -0.476 e. The van der Waals surface area contributed by atoms with Gasteiger partial charge in [0.2, 0.25) is 0 Å². The van der Waals surface area contributed by atoms with Crippen molar-refractivity contribution in [3.8, 4) is 0 Å². The fraction of sp³-hybridized carbons (Fsp3) is 0.125. The first-order valence-electron chi connectivity index (χ1n) is 3.58. The van der Waals surface area contributed by atoms with Crippen molar-refractivity contribution in [3.05, 3.63) is 28.2 Å². The van der Waals surface area contributed by atoms with E-state index in [9.17, 15) is 13.6 Å². The van der Waals surface area contributed by atoms with E-state index in [0.717, 1.165) is 0 Å². The van der Waals surface area contributed by atoms with Crippen LogP contribution >= 0.6 is 35.0 Å². The largest absolute Gasteiger partial charge is 0.476 e. The maximum Gasteiger partial charge on any atom is 0.393 e. The zero-order valence-electron chi connectivity index (χ0n) is 7.01. The summed E-state index contributed by atoms with van der Waals surface area (Å²) in [6, 6.07) is 3.78. The standard InChI is InChI=1S/C8H4Cl2F2O2S/c9-5-2-1-4(3-6(5)10)15-8(11,12)7(13)14/h1-3H,(H,13,14). The summed E-state index contributed by atoms with van der Waals surface area (Å²) in [6.45, 7) is 0. The van der Waals surface area contributed by atoms with Crippen LogP contribution in [0.4, 0.5) is 8.78 Å². The van der Waals surface area contributed by atoms with Crippen LogP contribution in [0, 0.1) is 0 Å². The first-order valence-corrected chi connectivity index (χ1v) is 5.15. The van der Waals surface area contributed by atoms with E-state index >= 15 is 0 Å². The van der Waals surface area contributed by atoms with Gasteiger partial charge in [-0.25, -0.2) is 4.79 Å². The molecule has 0 amide bonds. The number of hydrogen-bond acceptors (Lipinski definition) is 2. The van der Waals surface area contributed by atoms with E-state index in [0.29, 0.717) is 0 Å². The Morgan fingerprint density at radius 2 is 1.93 bits per heavy atom. The van der Waals surface area contributed by atoms with E-state index in [1.165, 1.54) is 18.2 Å². The molecule has 1 aromatic rings. The maximum atomic E-state index is 12.8. The van der Waals surface area contributed by atoms with Crippen LogP contribution in [-0.2, 0) is 4.79 Å². The molecule has 0 aliphatic carbocycles. The second-order valence-electron chi connectivity index (χ2n) is 2.50. The second-order valence-corrected chi connectivity index (χ2v) is 4.50. The number of halogens is 4. The SMILES string of the molecule is O=C(O)C(F)(F)Sc1ccc(Cl)c(Cl)c1. The van der Waals surface area contributed by atoms with Gasteiger partial charge in [-0.3, -0.25) is 0 Å². The summed E-state index contributed by atoms with van der Waals surface area (Å²) in [7, 11) is 0. The molecule has 0 aliphatic rings. The van der Waals surface area contributed by atoms with Crippen molar-refractivity contribution in [1.29, 1.82) is 0 Å². The van der Waals surface area contributed by atoms with E-state index in [1.54, 1.807) is 0 Å². The second kappa shape index (κ2) is 4.55. The van der Waals surface area contributed by atoms with Crippen LogP contribution in [0.25, 0.3) is 0 Å². The van der Waals surface area contributed by atoms with Gasteiger partial charge in [-0.2, -0.15) is 8.78 Å². The highest BCUT2D eigenvalue weighted by Crippen LogP contribution is 2.38.